The van der Waals surface area contributed by atoms with Crippen molar-refractivity contribution in [2.75, 3.05) is 18.0 Å². The Morgan fingerprint density at radius 2 is 2.17 bits per heavy atom. The van der Waals surface area contributed by atoms with Gasteiger partial charge in [-0.2, -0.15) is 19.6 Å². The van der Waals surface area contributed by atoms with Crippen LogP contribution in [0.2, 0.25) is 5.15 Å². The lowest BCUT2D eigenvalue weighted by Gasteiger charge is -2.36. The third kappa shape index (κ3) is 1.92. The van der Waals surface area contributed by atoms with Crippen molar-refractivity contribution in [3.63, 3.8) is 0 Å². The fourth-order valence-electron chi connectivity index (χ4n) is 2.46. The summed E-state index contributed by atoms with van der Waals surface area (Å²) >= 11 is 6.05. The van der Waals surface area contributed by atoms with Crippen LogP contribution in [0.4, 0.5) is 5.82 Å². The maximum atomic E-state index is 6.05. The van der Waals surface area contributed by atoms with E-state index in [9.17, 15) is 0 Å². The molecule has 0 amide bonds. The Morgan fingerprint density at radius 3 is 2.94 bits per heavy atom. The Labute approximate surface area is 111 Å². The lowest BCUT2D eigenvalue weighted by Crippen LogP contribution is -2.39. The van der Waals surface area contributed by atoms with E-state index in [1.807, 2.05) is 6.07 Å². The van der Waals surface area contributed by atoms with Crippen LogP contribution in [0.1, 0.15) is 20.3 Å². The molecule has 0 radical (unpaired) electrons. The molecule has 3 heterocycles. The summed E-state index contributed by atoms with van der Waals surface area (Å²) in [6.45, 7) is 6.65. The van der Waals surface area contributed by atoms with Gasteiger partial charge in [-0.05, 0) is 18.3 Å². The second-order valence-corrected chi connectivity index (χ2v) is 5.49. The van der Waals surface area contributed by atoms with Crippen LogP contribution in [-0.4, -0.2) is 32.7 Å². The lowest BCUT2D eigenvalue weighted by molar-refractivity contribution is 0.322. The zero-order chi connectivity index (χ0) is 12.7. The molecule has 2 atom stereocenters. The first-order chi connectivity index (χ1) is 8.65. The molecule has 1 aliphatic heterocycles. The molecule has 0 aromatic carbocycles. The molecular formula is C12H16ClN5. The molecule has 6 heteroatoms. The molecule has 0 N–H and O–H groups in total. The third-order valence-corrected chi connectivity index (χ3v) is 4.05. The largest absolute Gasteiger partial charge is 0.356 e. The number of nitrogens with zero attached hydrogens (tertiary/aromatic N) is 5. The van der Waals surface area contributed by atoms with Crippen molar-refractivity contribution < 1.29 is 0 Å². The maximum Gasteiger partial charge on any atom is 0.255 e. The molecule has 0 aliphatic carbocycles. The van der Waals surface area contributed by atoms with Crippen LogP contribution < -0.4 is 4.90 Å². The van der Waals surface area contributed by atoms with Crippen LogP contribution in [-0.2, 0) is 0 Å². The summed E-state index contributed by atoms with van der Waals surface area (Å²) in [5.41, 5.74) is 0. The van der Waals surface area contributed by atoms with E-state index >= 15 is 0 Å². The highest BCUT2D eigenvalue weighted by molar-refractivity contribution is 6.29. The van der Waals surface area contributed by atoms with E-state index in [1.54, 1.807) is 4.52 Å². The van der Waals surface area contributed by atoms with E-state index in [4.69, 9.17) is 11.6 Å². The summed E-state index contributed by atoms with van der Waals surface area (Å²) in [6.07, 6.45) is 2.70. The number of hydrogen-bond donors (Lipinski definition) is 0. The minimum atomic E-state index is 0.469. The number of fused-ring (bicyclic) bond motifs is 1. The number of rotatable bonds is 1. The molecule has 0 saturated carbocycles. The van der Waals surface area contributed by atoms with Crippen LogP contribution in [0.15, 0.2) is 12.4 Å². The Balaban J connectivity index is 2.01. The standard InChI is InChI=1S/C12H16ClN5/c1-8-3-4-17(6-9(8)2)11-5-10(13)16-12-14-7-15-18(11)12/h5,7-9H,3-4,6H2,1-2H3. The molecule has 1 saturated heterocycles. The summed E-state index contributed by atoms with van der Waals surface area (Å²) in [5, 5.41) is 4.69. The second-order valence-electron chi connectivity index (χ2n) is 5.10. The normalized spacial score (nSPS) is 24.7. The van der Waals surface area contributed by atoms with Crippen LogP contribution in [0, 0.1) is 11.8 Å². The Morgan fingerprint density at radius 1 is 1.33 bits per heavy atom. The van der Waals surface area contributed by atoms with Crippen molar-refractivity contribution in [3.05, 3.63) is 17.5 Å². The molecule has 2 aromatic heterocycles. The maximum absolute atomic E-state index is 6.05. The number of piperidine rings is 1. The van der Waals surface area contributed by atoms with E-state index in [0.717, 1.165) is 24.8 Å². The average Bonchev–Trinajstić information content (AvgIpc) is 2.79. The molecule has 1 aliphatic rings. The van der Waals surface area contributed by atoms with E-state index in [0.29, 0.717) is 16.8 Å². The molecule has 5 nitrogen and oxygen atoms in total. The van der Waals surface area contributed by atoms with Gasteiger partial charge in [-0.3, -0.25) is 0 Å². The average molecular weight is 266 g/mol. The summed E-state index contributed by atoms with van der Waals surface area (Å²) in [5.74, 6) is 2.99. The molecule has 96 valence electrons. The molecule has 0 spiro atoms. The zero-order valence-electron chi connectivity index (χ0n) is 10.5. The third-order valence-electron chi connectivity index (χ3n) is 3.86. The summed E-state index contributed by atoms with van der Waals surface area (Å²) in [7, 11) is 0. The van der Waals surface area contributed by atoms with E-state index in [1.165, 1.54) is 12.7 Å². The van der Waals surface area contributed by atoms with Crippen molar-refractivity contribution in [1.29, 1.82) is 0 Å². The summed E-state index contributed by atoms with van der Waals surface area (Å²) in [6, 6.07) is 1.87. The van der Waals surface area contributed by atoms with Gasteiger partial charge in [0.05, 0.1) is 0 Å². The van der Waals surface area contributed by atoms with Gasteiger partial charge in [0, 0.05) is 19.2 Å². The van der Waals surface area contributed by atoms with Gasteiger partial charge >= 0.3 is 0 Å². The Hall–Kier alpha value is -1.36. The first-order valence-electron chi connectivity index (χ1n) is 6.26. The van der Waals surface area contributed by atoms with Crippen molar-refractivity contribution in [1.82, 2.24) is 19.6 Å². The van der Waals surface area contributed by atoms with Gasteiger partial charge in [-0.15, -0.1) is 0 Å². The molecule has 0 bridgehead atoms. The molecule has 18 heavy (non-hydrogen) atoms. The van der Waals surface area contributed by atoms with Crippen LogP contribution >= 0.6 is 11.6 Å². The molecule has 2 aromatic rings. The van der Waals surface area contributed by atoms with Crippen LogP contribution in [0.5, 0.6) is 0 Å². The van der Waals surface area contributed by atoms with Gasteiger partial charge in [-0.25, -0.2) is 0 Å². The Kier molecular flexibility index (Phi) is 2.86. The van der Waals surface area contributed by atoms with Crippen molar-refractivity contribution in [2.45, 2.75) is 20.3 Å². The van der Waals surface area contributed by atoms with Gasteiger partial charge < -0.3 is 4.90 Å². The molecular weight excluding hydrogens is 250 g/mol. The van der Waals surface area contributed by atoms with E-state index < -0.39 is 0 Å². The fourth-order valence-corrected chi connectivity index (χ4v) is 2.64. The zero-order valence-corrected chi connectivity index (χ0v) is 11.3. The van der Waals surface area contributed by atoms with Crippen molar-refractivity contribution in [2.24, 2.45) is 11.8 Å². The highest BCUT2D eigenvalue weighted by Gasteiger charge is 2.24. The van der Waals surface area contributed by atoms with Crippen molar-refractivity contribution >= 4 is 23.2 Å². The van der Waals surface area contributed by atoms with Gasteiger partial charge in [0.1, 0.15) is 17.3 Å². The highest BCUT2D eigenvalue weighted by Crippen LogP contribution is 2.27. The second kappa shape index (κ2) is 4.39. The van der Waals surface area contributed by atoms with Crippen molar-refractivity contribution in [3.8, 4) is 0 Å². The van der Waals surface area contributed by atoms with Crippen LogP contribution in [0.25, 0.3) is 5.78 Å². The topological polar surface area (TPSA) is 46.3 Å². The first kappa shape index (κ1) is 11.7. The SMILES string of the molecule is CC1CCN(c2cc(Cl)nc3ncnn23)CC1C. The van der Waals surface area contributed by atoms with Gasteiger partial charge in [0.2, 0.25) is 0 Å². The highest BCUT2D eigenvalue weighted by atomic mass is 35.5. The predicted molar refractivity (Wildman–Crippen MR) is 71.0 cm³/mol. The molecule has 1 fully saturated rings. The van der Waals surface area contributed by atoms with Gasteiger partial charge in [0.25, 0.3) is 5.78 Å². The number of halogens is 1. The van der Waals surface area contributed by atoms with Gasteiger partial charge in [0.15, 0.2) is 0 Å². The molecule has 2 unspecified atom stereocenters. The number of aromatic nitrogens is 4. The van der Waals surface area contributed by atoms with Gasteiger partial charge in [-0.1, -0.05) is 25.4 Å². The quantitative estimate of drug-likeness (QED) is 0.742. The fraction of sp³-hybridized carbons (Fsp3) is 0.583. The van der Waals surface area contributed by atoms with Crippen LogP contribution in [0.3, 0.4) is 0 Å². The minimum Gasteiger partial charge on any atom is -0.356 e. The van der Waals surface area contributed by atoms with E-state index in [2.05, 4.69) is 33.8 Å². The monoisotopic (exact) mass is 265 g/mol. The number of anilines is 1. The molecule has 3 rings (SSSR count). The first-order valence-corrected chi connectivity index (χ1v) is 6.64. The lowest BCUT2D eigenvalue weighted by atomic mass is 9.89. The number of hydrogen-bond acceptors (Lipinski definition) is 4. The van der Waals surface area contributed by atoms with E-state index in [-0.39, 0.29) is 0 Å². The summed E-state index contributed by atoms with van der Waals surface area (Å²) < 4.78 is 1.76. The summed E-state index contributed by atoms with van der Waals surface area (Å²) in [4.78, 5) is 10.6. The predicted octanol–water partition coefficient (Wildman–Crippen LogP) is 2.26. The smallest absolute Gasteiger partial charge is 0.255 e. The minimum absolute atomic E-state index is 0.469. The Bertz CT molecular complexity index is 567.